The average Bonchev–Trinajstić information content (AvgIpc) is 2.91. The molecule has 1 heterocycles. The van der Waals surface area contributed by atoms with Crippen molar-refractivity contribution in [2.24, 2.45) is 11.8 Å². The molecule has 1 N–H and O–H groups in total. The van der Waals surface area contributed by atoms with Gasteiger partial charge in [0.1, 0.15) is 5.75 Å². The van der Waals surface area contributed by atoms with Crippen molar-refractivity contribution in [2.75, 3.05) is 20.2 Å². The van der Waals surface area contributed by atoms with E-state index in [1.807, 2.05) is 12.1 Å². The van der Waals surface area contributed by atoms with Crippen LogP contribution in [-0.4, -0.2) is 35.8 Å². The van der Waals surface area contributed by atoms with Crippen LogP contribution in [0.15, 0.2) is 18.2 Å². The standard InChI is InChI=1S/C18H26ClNO2/c1-3-18(21)6-4-5-14-11-20(12-17(14)18)10-13-7-15(19)9-16(8-13)22-2/h7-9,14,17,21H,3-6,10-12H2,1-2H3/t14-,17+,18-/m0/s1. The molecule has 1 aliphatic heterocycles. The van der Waals surface area contributed by atoms with Crippen LogP contribution in [0.3, 0.4) is 0 Å². The Morgan fingerprint density at radius 3 is 2.91 bits per heavy atom. The van der Waals surface area contributed by atoms with Gasteiger partial charge in [-0.1, -0.05) is 24.9 Å². The summed E-state index contributed by atoms with van der Waals surface area (Å²) >= 11 is 6.17. The van der Waals surface area contributed by atoms with E-state index in [0.717, 1.165) is 49.7 Å². The largest absolute Gasteiger partial charge is 0.497 e. The van der Waals surface area contributed by atoms with Crippen LogP contribution in [0.2, 0.25) is 5.02 Å². The third-order valence-corrected chi connectivity index (χ3v) is 5.79. The topological polar surface area (TPSA) is 32.7 Å². The van der Waals surface area contributed by atoms with E-state index in [0.29, 0.717) is 11.8 Å². The molecule has 3 atom stereocenters. The summed E-state index contributed by atoms with van der Waals surface area (Å²) in [7, 11) is 1.67. The monoisotopic (exact) mass is 323 g/mol. The van der Waals surface area contributed by atoms with E-state index in [4.69, 9.17) is 16.3 Å². The molecule has 4 heteroatoms. The second-order valence-electron chi connectivity index (χ2n) is 6.91. The quantitative estimate of drug-likeness (QED) is 0.916. The summed E-state index contributed by atoms with van der Waals surface area (Å²) in [5.41, 5.74) is 0.729. The molecule has 0 radical (unpaired) electrons. The van der Waals surface area contributed by atoms with Crippen molar-refractivity contribution in [1.29, 1.82) is 0 Å². The first-order chi connectivity index (χ1) is 10.5. The van der Waals surface area contributed by atoms with Crippen molar-refractivity contribution in [2.45, 2.75) is 44.8 Å². The number of hydrogen-bond donors (Lipinski definition) is 1. The van der Waals surface area contributed by atoms with Gasteiger partial charge in [0.15, 0.2) is 0 Å². The van der Waals surface area contributed by atoms with Crippen LogP contribution in [-0.2, 0) is 6.54 Å². The predicted molar refractivity (Wildman–Crippen MR) is 89.4 cm³/mol. The maximum absolute atomic E-state index is 10.9. The van der Waals surface area contributed by atoms with E-state index in [1.165, 1.54) is 12.0 Å². The number of hydrogen-bond acceptors (Lipinski definition) is 3. The van der Waals surface area contributed by atoms with Crippen molar-refractivity contribution in [3.05, 3.63) is 28.8 Å². The van der Waals surface area contributed by atoms with Gasteiger partial charge in [-0.25, -0.2) is 0 Å². The summed E-state index contributed by atoms with van der Waals surface area (Å²) < 4.78 is 5.30. The number of rotatable bonds is 4. The molecule has 0 unspecified atom stereocenters. The molecule has 3 nitrogen and oxygen atoms in total. The van der Waals surface area contributed by atoms with Gasteiger partial charge in [0.25, 0.3) is 0 Å². The third-order valence-electron chi connectivity index (χ3n) is 5.58. The molecular formula is C18H26ClNO2. The molecule has 0 bridgehead atoms. The zero-order valence-electron chi connectivity index (χ0n) is 13.5. The highest BCUT2D eigenvalue weighted by Gasteiger charge is 2.47. The predicted octanol–water partition coefficient (Wildman–Crippen LogP) is 3.72. The van der Waals surface area contributed by atoms with Gasteiger partial charge in [0.05, 0.1) is 12.7 Å². The molecule has 1 aliphatic carbocycles. The Kier molecular flexibility index (Phi) is 4.67. The average molecular weight is 324 g/mol. The van der Waals surface area contributed by atoms with E-state index >= 15 is 0 Å². The molecule has 1 saturated heterocycles. The number of aliphatic hydroxyl groups is 1. The second-order valence-corrected chi connectivity index (χ2v) is 7.35. The van der Waals surface area contributed by atoms with Gasteiger partial charge >= 0.3 is 0 Å². The summed E-state index contributed by atoms with van der Waals surface area (Å²) in [6.45, 7) is 5.07. The number of nitrogens with zero attached hydrogens (tertiary/aromatic N) is 1. The molecule has 1 aromatic rings. The van der Waals surface area contributed by atoms with Gasteiger partial charge in [0, 0.05) is 30.6 Å². The van der Waals surface area contributed by atoms with Crippen LogP contribution >= 0.6 is 11.6 Å². The Hall–Kier alpha value is -0.770. The van der Waals surface area contributed by atoms with Gasteiger partial charge in [0.2, 0.25) is 0 Å². The van der Waals surface area contributed by atoms with Crippen LogP contribution in [0.5, 0.6) is 5.75 Å². The second kappa shape index (κ2) is 6.38. The number of halogens is 1. The number of benzene rings is 1. The minimum Gasteiger partial charge on any atom is -0.497 e. The molecule has 1 aromatic carbocycles. The lowest BCUT2D eigenvalue weighted by molar-refractivity contribution is -0.0613. The fraction of sp³-hybridized carbons (Fsp3) is 0.667. The first kappa shape index (κ1) is 16.1. The lowest BCUT2D eigenvalue weighted by Gasteiger charge is -2.40. The minimum atomic E-state index is -0.455. The SMILES string of the molecule is CC[C@]1(O)CCC[C@H]2CN(Cc3cc(Cl)cc(OC)c3)C[C@H]21. The van der Waals surface area contributed by atoms with Gasteiger partial charge in [-0.15, -0.1) is 0 Å². The highest BCUT2D eigenvalue weighted by Crippen LogP contribution is 2.44. The van der Waals surface area contributed by atoms with E-state index < -0.39 is 5.60 Å². The highest BCUT2D eigenvalue weighted by atomic mass is 35.5. The molecule has 2 fully saturated rings. The van der Waals surface area contributed by atoms with Gasteiger partial charge in [-0.3, -0.25) is 4.90 Å². The van der Waals surface area contributed by atoms with E-state index in [1.54, 1.807) is 7.11 Å². The van der Waals surface area contributed by atoms with Crippen LogP contribution in [0.1, 0.15) is 38.2 Å². The molecule has 1 saturated carbocycles. The molecular weight excluding hydrogens is 298 g/mol. The first-order valence-electron chi connectivity index (χ1n) is 8.32. The van der Waals surface area contributed by atoms with Crippen molar-refractivity contribution >= 4 is 11.6 Å². The summed E-state index contributed by atoms with van der Waals surface area (Å²) in [6.07, 6.45) is 4.24. The minimum absolute atomic E-state index is 0.423. The van der Waals surface area contributed by atoms with Gasteiger partial charge in [-0.05, 0) is 48.9 Å². The summed E-state index contributed by atoms with van der Waals surface area (Å²) in [6, 6.07) is 5.91. The Morgan fingerprint density at radius 1 is 1.36 bits per heavy atom. The molecule has 22 heavy (non-hydrogen) atoms. The molecule has 2 aliphatic rings. The maximum atomic E-state index is 10.9. The zero-order valence-corrected chi connectivity index (χ0v) is 14.3. The maximum Gasteiger partial charge on any atom is 0.120 e. The number of fused-ring (bicyclic) bond motifs is 1. The third kappa shape index (κ3) is 3.12. The fourth-order valence-electron chi connectivity index (χ4n) is 4.37. The Balaban J connectivity index is 1.71. The number of likely N-dealkylation sites (tertiary alicyclic amines) is 1. The molecule has 122 valence electrons. The van der Waals surface area contributed by atoms with Crippen molar-refractivity contribution in [1.82, 2.24) is 4.90 Å². The molecule has 0 amide bonds. The van der Waals surface area contributed by atoms with E-state index in [9.17, 15) is 5.11 Å². The van der Waals surface area contributed by atoms with Crippen LogP contribution < -0.4 is 4.74 Å². The first-order valence-corrected chi connectivity index (χ1v) is 8.70. The zero-order chi connectivity index (χ0) is 15.7. The lowest BCUT2D eigenvalue weighted by atomic mass is 9.69. The molecule has 0 aromatic heterocycles. The number of methoxy groups -OCH3 is 1. The van der Waals surface area contributed by atoms with Gasteiger partial charge < -0.3 is 9.84 Å². The Bertz CT molecular complexity index is 536. The van der Waals surface area contributed by atoms with E-state index in [2.05, 4.69) is 17.9 Å². The number of ether oxygens (including phenoxy) is 1. The van der Waals surface area contributed by atoms with Gasteiger partial charge in [-0.2, -0.15) is 0 Å². The van der Waals surface area contributed by atoms with Crippen molar-refractivity contribution < 1.29 is 9.84 Å². The molecule has 3 rings (SSSR count). The fourth-order valence-corrected chi connectivity index (χ4v) is 4.62. The van der Waals surface area contributed by atoms with Crippen molar-refractivity contribution in [3.8, 4) is 5.75 Å². The Morgan fingerprint density at radius 2 is 2.18 bits per heavy atom. The van der Waals surface area contributed by atoms with Crippen LogP contribution in [0, 0.1) is 11.8 Å². The smallest absolute Gasteiger partial charge is 0.120 e. The van der Waals surface area contributed by atoms with E-state index in [-0.39, 0.29) is 0 Å². The normalized spacial score (nSPS) is 32.0. The summed E-state index contributed by atoms with van der Waals surface area (Å²) in [5.74, 6) is 1.87. The van der Waals surface area contributed by atoms with Crippen LogP contribution in [0.25, 0.3) is 0 Å². The van der Waals surface area contributed by atoms with Crippen LogP contribution in [0.4, 0.5) is 0 Å². The lowest BCUT2D eigenvalue weighted by Crippen LogP contribution is -2.44. The summed E-state index contributed by atoms with van der Waals surface area (Å²) in [4.78, 5) is 2.46. The summed E-state index contributed by atoms with van der Waals surface area (Å²) in [5, 5.41) is 11.6. The molecule has 0 spiro atoms. The highest BCUT2D eigenvalue weighted by molar-refractivity contribution is 6.30. The Labute approximate surface area is 138 Å². The van der Waals surface area contributed by atoms with Crippen molar-refractivity contribution in [3.63, 3.8) is 0 Å².